The molecule has 1 aromatic heterocycles. The third kappa shape index (κ3) is 4.53. The molecule has 1 aliphatic rings. The van der Waals surface area contributed by atoms with Crippen LogP contribution in [0.15, 0.2) is 28.7 Å². The van der Waals surface area contributed by atoms with Gasteiger partial charge in [0.25, 0.3) is 0 Å². The maximum absolute atomic E-state index is 12.8. The molecule has 0 aliphatic carbocycles. The van der Waals surface area contributed by atoms with E-state index in [4.69, 9.17) is 20.1 Å². The number of benzene rings is 1. The van der Waals surface area contributed by atoms with Crippen molar-refractivity contribution >= 4 is 17.0 Å². The molecule has 0 bridgehead atoms. The molecule has 1 saturated heterocycles. The van der Waals surface area contributed by atoms with E-state index in [-0.39, 0.29) is 25.2 Å². The zero-order valence-electron chi connectivity index (χ0n) is 14.1. The van der Waals surface area contributed by atoms with E-state index in [0.717, 1.165) is 12.1 Å². The third-order valence-corrected chi connectivity index (χ3v) is 4.17. The lowest BCUT2D eigenvalue weighted by Gasteiger charge is -2.09. The van der Waals surface area contributed by atoms with Gasteiger partial charge in [-0.1, -0.05) is 11.8 Å². The number of halogens is 3. The van der Waals surface area contributed by atoms with Gasteiger partial charge in [-0.05, 0) is 37.1 Å². The van der Waals surface area contributed by atoms with Crippen molar-refractivity contribution in [1.29, 1.82) is 0 Å². The summed E-state index contributed by atoms with van der Waals surface area (Å²) in [5, 5.41) is 9.86. The molecule has 3 N–H and O–H groups in total. The number of rotatable bonds is 3. The Bertz CT molecular complexity index is 897. The molecule has 1 fully saturated rings. The molecule has 2 aromatic rings. The molecule has 0 spiro atoms. The van der Waals surface area contributed by atoms with Gasteiger partial charge in [0.05, 0.1) is 12.1 Å². The van der Waals surface area contributed by atoms with Gasteiger partial charge in [-0.3, -0.25) is 5.21 Å². The fourth-order valence-electron chi connectivity index (χ4n) is 2.81. The van der Waals surface area contributed by atoms with E-state index in [1.165, 1.54) is 6.07 Å². The highest BCUT2D eigenvalue weighted by molar-refractivity contribution is 5.79. The smallest absolute Gasteiger partial charge is 0.416 e. The van der Waals surface area contributed by atoms with Gasteiger partial charge in [0, 0.05) is 11.8 Å². The van der Waals surface area contributed by atoms with Crippen LogP contribution in [0.4, 0.5) is 18.0 Å². The maximum atomic E-state index is 12.8. The van der Waals surface area contributed by atoms with E-state index in [2.05, 4.69) is 11.8 Å². The lowest BCUT2D eigenvalue weighted by atomic mass is 10.1. The van der Waals surface area contributed by atoms with Crippen LogP contribution in [0.5, 0.6) is 0 Å². The van der Waals surface area contributed by atoms with Crippen LogP contribution in [0, 0.1) is 11.8 Å². The first-order valence-corrected chi connectivity index (χ1v) is 8.24. The summed E-state index contributed by atoms with van der Waals surface area (Å²) in [4.78, 5) is 10.7. The third-order valence-electron chi connectivity index (χ3n) is 4.17. The second-order valence-electron chi connectivity index (χ2n) is 6.12. The Morgan fingerprint density at radius 1 is 1.33 bits per heavy atom. The number of alkyl halides is 3. The van der Waals surface area contributed by atoms with Gasteiger partial charge in [-0.25, -0.2) is 9.86 Å². The van der Waals surface area contributed by atoms with Crippen LogP contribution in [0.3, 0.4) is 0 Å². The summed E-state index contributed by atoms with van der Waals surface area (Å²) in [5.41, 5.74) is 4.52. The van der Waals surface area contributed by atoms with Crippen molar-refractivity contribution in [3.05, 3.63) is 35.6 Å². The molecule has 3 rings (SSSR count). The quantitative estimate of drug-likeness (QED) is 0.480. The highest BCUT2D eigenvalue weighted by Crippen LogP contribution is 2.37. The molecule has 2 heterocycles. The maximum Gasteiger partial charge on any atom is 0.416 e. The highest BCUT2D eigenvalue weighted by atomic mass is 19.4. The molecule has 9 heteroatoms. The Morgan fingerprint density at radius 2 is 2.11 bits per heavy atom. The van der Waals surface area contributed by atoms with E-state index in [1.807, 2.05) is 0 Å². The summed E-state index contributed by atoms with van der Waals surface area (Å²) in [7, 11) is 0. The van der Waals surface area contributed by atoms with Gasteiger partial charge in [0.2, 0.25) is 0 Å². The summed E-state index contributed by atoms with van der Waals surface area (Å²) >= 11 is 0. The van der Waals surface area contributed by atoms with E-state index in [9.17, 15) is 18.0 Å². The number of amides is 2. The van der Waals surface area contributed by atoms with Crippen LogP contribution in [0.2, 0.25) is 0 Å². The lowest BCUT2D eigenvalue weighted by Crippen LogP contribution is -2.33. The number of hydroxylamine groups is 2. The Balaban J connectivity index is 1.63. The summed E-state index contributed by atoms with van der Waals surface area (Å²) < 4.78 is 49.8. The average molecular weight is 382 g/mol. The number of urea groups is 1. The first kappa shape index (κ1) is 19.1. The number of primary amides is 1. The van der Waals surface area contributed by atoms with Crippen molar-refractivity contribution in [3.8, 4) is 11.8 Å². The number of hydrogen-bond acceptors (Lipinski definition) is 4. The van der Waals surface area contributed by atoms with Crippen LogP contribution in [0.1, 0.15) is 36.7 Å². The van der Waals surface area contributed by atoms with Gasteiger partial charge < -0.3 is 14.9 Å². The zero-order valence-corrected chi connectivity index (χ0v) is 14.1. The Hall–Kier alpha value is -2.70. The summed E-state index contributed by atoms with van der Waals surface area (Å²) in [6.45, 7) is -0.0103. The van der Waals surface area contributed by atoms with E-state index in [0.29, 0.717) is 34.6 Å². The van der Waals surface area contributed by atoms with Crippen LogP contribution in [-0.2, 0) is 10.9 Å². The number of carbonyl (C=O) groups is 1. The van der Waals surface area contributed by atoms with Crippen molar-refractivity contribution in [2.45, 2.75) is 37.6 Å². The van der Waals surface area contributed by atoms with Crippen molar-refractivity contribution in [1.82, 2.24) is 5.06 Å². The van der Waals surface area contributed by atoms with E-state index >= 15 is 0 Å². The van der Waals surface area contributed by atoms with Crippen molar-refractivity contribution < 1.29 is 32.3 Å². The van der Waals surface area contributed by atoms with Gasteiger partial charge in [0.15, 0.2) is 0 Å². The molecule has 27 heavy (non-hydrogen) atoms. The fraction of sp³-hybridized carbons (Fsp3) is 0.389. The van der Waals surface area contributed by atoms with Crippen molar-refractivity contribution in [2.75, 3.05) is 6.54 Å². The minimum atomic E-state index is -4.41. The minimum absolute atomic E-state index is 0.0103. The van der Waals surface area contributed by atoms with Gasteiger partial charge >= 0.3 is 12.2 Å². The van der Waals surface area contributed by atoms with E-state index in [1.54, 1.807) is 6.07 Å². The summed E-state index contributed by atoms with van der Waals surface area (Å²) in [6.07, 6.45) is -3.65. The first-order valence-electron chi connectivity index (χ1n) is 8.24. The van der Waals surface area contributed by atoms with Crippen LogP contribution < -0.4 is 5.73 Å². The number of furan rings is 1. The number of hydrogen-bond donors (Lipinski definition) is 2. The SMILES string of the molecule is NC(=O)N(O)CCC#C[C@@H]1CC[C@@H](c2cc3cc(C(F)(F)F)ccc3o2)O1. The summed E-state index contributed by atoms with van der Waals surface area (Å²) in [5.74, 6) is 6.14. The van der Waals surface area contributed by atoms with Crippen LogP contribution in [-0.4, -0.2) is 29.0 Å². The number of nitrogens with zero attached hydrogens (tertiary/aromatic N) is 1. The molecule has 144 valence electrons. The molecule has 2 amide bonds. The number of carbonyl (C=O) groups excluding carboxylic acids is 1. The average Bonchev–Trinajstić information content (AvgIpc) is 3.23. The van der Waals surface area contributed by atoms with Gasteiger partial charge in [-0.2, -0.15) is 13.2 Å². The standard InChI is InChI=1S/C18H17F3N2O4/c19-18(20,21)12-4-6-14-11(9-12)10-16(27-14)15-7-5-13(26-15)3-1-2-8-23(25)17(22)24/h4,6,9-10,13,15,25H,2,5,7-8H2,(H2,22,24)/t13-,15+/m1/s1. The highest BCUT2D eigenvalue weighted by Gasteiger charge is 2.32. The van der Waals surface area contributed by atoms with Gasteiger partial charge in [0.1, 0.15) is 23.6 Å². The van der Waals surface area contributed by atoms with Crippen molar-refractivity contribution in [3.63, 3.8) is 0 Å². The molecule has 0 radical (unpaired) electrons. The Labute approximate surface area is 152 Å². The van der Waals surface area contributed by atoms with Gasteiger partial charge in [-0.15, -0.1) is 0 Å². The van der Waals surface area contributed by atoms with Crippen LogP contribution in [0.25, 0.3) is 11.0 Å². The molecule has 0 saturated carbocycles. The molecule has 6 nitrogen and oxygen atoms in total. The fourth-order valence-corrected chi connectivity index (χ4v) is 2.81. The number of ether oxygens (including phenoxy) is 1. The molecule has 2 atom stereocenters. The number of fused-ring (bicyclic) bond motifs is 1. The second-order valence-corrected chi connectivity index (χ2v) is 6.12. The predicted octanol–water partition coefficient (Wildman–Crippen LogP) is 3.84. The van der Waals surface area contributed by atoms with Crippen molar-refractivity contribution in [2.24, 2.45) is 5.73 Å². The summed E-state index contributed by atoms with van der Waals surface area (Å²) in [6, 6.07) is 3.94. The predicted molar refractivity (Wildman–Crippen MR) is 88.5 cm³/mol. The second kappa shape index (κ2) is 7.50. The Kier molecular flexibility index (Phi) is 5.30. The zero-order chi connectivity index (χ0) is 19.6. The molecule has 1 aromatic carbocycles. The van der Waals surface area contributed by atoms with E-state index < -0.39 is 17.8 Å². The largest absolute Gasteiger partial charge is 0.458 e. The van der Waals surface area contributed by atoms with Crippen LogP contribution >= 0.6 is 0 Å². The topological polar surface area (TPSA) is 88.9 Å². The minimum Gasteiger partial charge on any atom is -0.458 e. The molecular weight excluding hydrogens is 365 g/mol. The Morgan fingerprint density at radius 3 is 2.81 bits per heavy atom. The first-order chi connectivity index (χ1) is 12.7. The normalized spacial score (nSPS) is 19.7. The molecule has 1 aliphatic heterocycles. The lowest BCUT2D eigenvalue weighted by molar-refractivity contribution is -0.137. The number of nitrogens with two attached hydrogens (primary N) is 1. The molecular formula is C18H17F3N2O4. The monoisotopic (exact) mass is 382 g/mol. The molecule has 0 unspecified atom stereocenters.